The first-order chi connectivity index (χ1) is 9.61. The van der Waals surface area contributed by atoms with E-state index < -0.39 is 0 Å². The predicted molar refractivity (Wildman–Crippen MR) is 92.9 cm³/mol. The van der Waals surface area contributed by atoms with Crippen LogP contribution >= 0.6 is 24.8 Å². The van der Waals surface area contributed by atoms with Crippen molar-refractivity contribution in [3.05, 3.63) is 23.7 Å². The highest BCUT2D eigenvalue weighted by Crippen LogP contribution is 2.18. The highest BCUT2D eigenvalue weighted by Gasteiger charge is 2.21. The minimum absolute atomic E-state index is 0. The quantitative estimate of drug-likeness (QED) is 0.885. The van der Waals surface area contributed by atoms with Gasteiger partial charge in [-0.2, -0.15) is 0 Å². The van der Waals surface area contributed by atoms with Crippen molar-refractivity contribution in [1.82, 2.24) is 9.80 Å². The van der Waals surface area contributed by atoms with Gasteiger partial charge < -0.3 is 20.0 Å². The molecule has 0 aromatic carbocycles. The highest BCUT2D eigenvalue weighted by atomic mass is 35.5. The molecule has 1 atom stereocenters. The van der Waals surface area contributed by atoms with Gasteiger partial charge in [0.15, 0.2) is 0 Å². The zero-order valence-electron chi connectivity index (χ0n) is 13.3. The van der Waals surface area contributed by atoms with Crippen molar-refractivity contribution < 1.29 is 9.21 Å². The van der Waals surface area contributed by atoms with Gasteiger partial charge in [0.05, 0.1) is 12.1 Å². The maximum Gasteiger partial charge on any atom is 0.256 e. The summed E-state index contributed by atoms with van der Waals surface area (Å²) in [6.07, 6.45) is 6.35. The first-order valence-electron chi connectivity index (χ1n) is 7.35. The minimum Gasteiger partial charge on any atom is -0.467 e. The Kier molecular flexibility index (Phi) is 9.76. The maximum atomic E-state index is 12.2. The van der Waals surface area contributed by atoms with Crippen molar-refractivity contribution in [2.75, 3.05) is 27.2 Å². The summed E-state index contributed by atoms with van der Waals surface area (Å²) in [6, 6.07) is 2.33. The zero-order valence-corrected chi connectivity index (χ0v) is 14.9. The highest BCUT2D eigenvalue weighted by molar-refractivity contribution is 5.93. The Balaban J connectivity index is 0.00000220. The first-order valence-corrected chi connectivity index (χ1v) is 7.35. The molecule has 0 saturated carbocycles. The van der Waals surface area contributed by atoms with E-state index in [0.717, 1.165) is 13.0 Å². The molecule has 0 bridgehead atoms. The summed E-state index contributed by atoms with van der Waals surface area (Å²) in [5.74, 6) is 0.653. The van der Waals surface area contributed by atoms with Gasteiger partial charge in [0, 0.05) is 19.6 Å². The van der Waals surface area contributed by atoms with E-state index in [4.69, 9.17) is 10.2 Å². The number of furan rings is 1. The normalized spacial score (nSPS) is 18.2. The molecule has 2 heterocycles. The van der Waals surface area contributed by atoms with Crippen LogP contribution in [0.25, 0.3) is 0 Å². The average molecular weight is 352 g/mol. The Morgan fingerprint density at radius 3 is 2.77 bits per heavy atom. The van der Waals surface area contributed by atoms with Crippen LogP contribution in [-0.2, 0) is 6.54 Å². The molecular weight excluding hydrogens is 325 g/mol. The van der Waals surface area contributed by atoms with Gasteiger partial charge in [-0.05, 0) is 38.9 Å². The molecule has 0 aliphatic carbocycles. The van der Waals surface area contributed by atoms with Crippen molar-refractivity contribution in [3.8, 4) is 0 Å². The van der Waals surface area contributed by atoms with Gasteiger partial charge in [-0.15, -0.1) is 24.8 Å². The molecule has 2 rings (SSSR count). The second kappa shape index (κ2) is 10.1. The van der Waals surface area contributed by atoms with Gasteiger partial charge in [0.2, 0.25) is 0 Å². The Hall–Kier alpha value is -0.750. The lowest BCUT2D eigenvalue weighted by Crippen LogP contribution is -2.39. The standard InChI is InChI=1S/C15H25N3O2.2ClH/c1-17-7-4-3-5-13(17)6-8-18(2)15(19)12-9-14(10-16)20-11-12;;/h9,11,13H,3-8,10,16H2,1-2H3;2*1H. The van der Waals surface area contributed by atoms with E-state index in [1.54, 1.807) is 11.0 Å². The van der Waals surface area contributed by atoms with Crippen molar-refractivity contribution in [3.63, 3.8) is 0 Å². The minimum atomic E-state index is 0. The molecule has 128 valence electrons. The summed E-state index contributed by atoms with van der Waals surface area (Å²) in [6.45, 7) is 2.27. The number of nitrogens with zero attached hydrogens (tertiary/aromatic N) is 2. The lowest BCUT2D eigenvalue weighted by Gasteiger charge is -2.33. The molecule has 1 aliphatic heterocycles. The van der Waals surface area contributed by atoms with E-state index in [-0.39, 0.29) is 30.7 Å². The van der Waals surface area contributed by atoms with E-state index in [9.17, 15) is 4.79 Å². The fourth-order valence-electron chi connectivity index (χ4n) is 2.77. The second-order valence-electron chi connectivity index (χ2n) is 5.65. The molecule has 0 radical (unpaired) electrons. The third-order valence-corrected chi connectivity index (χ3v) is 4.17. The fourth-order valence-corrected chi connectivity index (χ4v) is 2.77. The van der Waals surface area contributed by atoms with Crippen LogP contribution in [0.5, 0.6) is 0 Å². The third kappa shape index (κ3) is 5.47. The van der Waals surface area contributed by atoms with Crippen molar-refractivity contribution in [2.24, 2.45) is 5.73 Å². The molecule has 1 aromatic heterocycles. The number of halogens is 2. The number of amides is 1. The number of nitrogens with two attached hydrogens (primary N) is 1. The first kappa shape index (κ1) is 21.2. The summed E-state index contributed by atoms with van der Waals surface area (Å²) in [5.41, 5.74) is 6.07. The molecule has 1 aliphatic rings. The Labute approximate surface area is 145 Å². The number of hydrogen-bond acceptors (Lipinski definition) is 4. The summed E-state index contributed by atoms with van der Waals surface area (Å²) in [7, 11) is 4.02. The van der Waals surface area contributed by atoms with Gasteiger partial charge in [0.25, 0.3) is 5.91 Å². The van der Waals surface area contributed by atoms with Gasteiger partial charge in [0.1, 0.15) is 12.0 Å². The maximum absolute atomic E-state index is 12.2. The topological polar surface area (TPSA) is 62.7 Å². The average Bonchev–Trinajstić information content (AvgIpc) is 2.94. The number of carbonyl (C=O) groups excluding carboxylic acids is 1. The smallest absolute Gasteiger partial charge is 0.256 e. The molecule has 7 heteroatoms. The predicted octanol–water partition coefficient (Wildman–Crippen LogP) is 2.53. The third-order valence-electron chi connectivity index (χ3n) is 4.17. The zero-order chi connectivity index (χ0) is 14.5. The van der Waals surface area contributed by atoms with Crippen LogP contribution in [0.15, 0.2) is 16.7 Å². The fraction of sp³-hybridized carbons (Fsp3) is 0.667. The van der Waals surface area contributed by atoms with E-state index >= 15 is 0 Å². The van der Waals surface area contributed by atoms with Crippen molar-refractivity contribution in [1.29, 1.82) is 0 Å². The van der Waals surface area contributed by atoms with Crippen LogP contribution in [0.1, 0.15) is 41.8 Å². The lowest BCUT2D eigenvalue weighted by molar-refractivity contribution is 0.0770. The molecule has 1 fully saturated rings. The molecule has 22 heavy (non-hydrogen) atoms. The van der Waals surface area contributed by atoms with Crippen LogP contribution in [0.4, 0.5) is 0 Å². The molecule has 0 spiro atoms. The number of rotatable bonds is 5. The number of likely N-dealkylation sites (tertiary alicyclic amines) is 1. The van der Waals surface area contributed by atoms with Gasteiger partial charge in [-0.1, -0.05) is 6.42 Å². The van der Waals surface area contributed by atoms with Crippen LogP contribution in [0.3, 0.4) is 0 Å². The van der Waals surface area contributed by atoms with Gasteiger partial charge >= 0.3 is 0 Å². The Morgan fingerprint density at radius 1 is 1.45 bits per heavy atom. The molecule has 1 saturated heterocycles. The van der Waals surface area contributed by atoms with Crippen molar-refractivity contribution in [2.45, 2.75) is 38.3 Å². The number of piperidine rings is 1. The van der Waals surface area contributed by atoms with Crippen LogP contribution < -0.4 is 5.73 Å². The monoisotopic (exact) mass is 351 g/mol. The second-order valence-corrected chi connectivity index (χ2v) is 5.65. The molecule has 1 unspecified atom stereocenters. The van der Waals surface area contributed by atoms with E-state index in [1.807, 2.05) is 7.05 Å². The molecule has 1 amide bonds. The Morgan fingerprint density at radius 2 is 2.18 bits per heavy atom. The van der Waals surface area contributed by atoms with E-state index in [0.29, 0.717) is 23.9 Å². The number of carbonyl (C=O) groups is 1. The van der Waals surface area contributed by atoms with Crippen molar-refractivity contribution >= 4 is 30.7 Å². The lowest BCUT2D eigenvalue weighted by atomic mass is 10.00. The van der Waals surface area contributed by atoms with Crippen LogP contribution in [0, 0.1) is 0 Å². The largest absolute Gasteiger partial charge is 0.467 e. The Bertz CT molecular complexity index is 454. The molecule has 1 aromatic rings. The van der Waals surface area contributed by atoms with Gasteiger partial charge in [-0.25, -0.2) is 0 Å². The van der Waals surface area contributed by atoms with Crippen LogP contribution in [-0.4, -0.2) is 48.9 Å². The summed E-state index contributed by atoms with van der Waals surface area (Å²) in [4.78, 5) is 16.4. The molecule has 2 N–H and O–H groups in total. The SMILES string of the molecule is CN(CCC1CCCCN1C)C(=O)c1coc(CN)c1.Cl.Cl. The molecular formula is C15H27Cl2N3O2. The van der Waals surface area contributed by atoms with E-state index in [1.165, 1.54) is 32.1 Å². The molecule has 5 nitrogen and oxygen atoms in total. The van der Waals surface area contributed by atoms with Crippen LogP contribution in [0.2, 0.25) is 0 Å². The van der Waals surface area contributed by atoms with Gasteiger partial charge in [-0.3, -0.25) is 4.79 Å². The number of hydrogen-bond donors (Lipinski definition) is 1. The summed E-state index contributed by atoms with van der Waals surface area (Å²) < 4.78 is 5.22. The van der Waals surface area contributed by atoms with E-state index in [2.05, 4.69) is 11.9 Å². The summed E-state index contributed by atoms with van der Waals surface area (Å²) >= 11 is 0. The summed E-state index contributed by atoms with van der Waals surface area (Å²) in [5, 5.41) is 0.